The third kappa shape index (κ3) is 3.59. The van der Waals surface area contributed by atoms with Crippen molar-refractivity contribution in [3.05, 3.63) is 23.2 Å². The molecule has 0 aliphatic rings. The Kier molecular flexibility index (Phi) is 5.16. The number of hydrogen-bond acceptors (Lipinski definition) is 4. The molecule has 0 fully saturated rings. The highest BCUT2D eigenvalue weighted by Gasteiger charge is 2.25. The predicted molar refractivity (Wildman–Crippen MR) is 70.1 cm³/mol. The average Bonchev–Trinajstić information content (AvgIpc) is 2.35. The lowest BCUT2D eigenvalue weighted by Gasteiger charge is -2.18. The van der Waals surface area contributed by atoms with E-state index in [1.165, 1.54) is 25.3 Å². The summed E-state index contributed by atoms with van der Waals surface area (Å²) in [6.45, 7) is 1.02. The number of aliphatic carboxylic acids is 1. The highest BCUT2D eigenvalue weighted by atomic mass is 35.5. The lowest BCUT2D eigenvalue weighted by atomic mass is 10.3. The summed E-state index contributed by atoms with van der Waals surface area (Å²) in [6.07, 6.45) is 0. The molecule has 0 spiro atoms. The first-order valence-corrected chi connectivity index (χ1v) is 7.20. The Bertz CT molecular complexity index is 572. The van der Waals surface area contributed by atoms with Gasteiger partial charge in [0.1, 0.15) is 12.3 Å². The zero-order valence-electron chi connectivity index (χ0n) is 10.5. The van der Waals surface area contributed by atoms with Crippen LogP contribution in [-0.4, -0.2) is 44.0 Å². The number of carbonyl (C=O) groups is 1. The third-order valence-corrected chi connectivity index (χ3v) is 4.64. The van der Waals surface area contributed by atoms with E-state index in [-0.39, 0.29) is 16.5 Å². The van der Waals surface area contributed by atoms with E-state index in [2.05, 4.69) is 0 Å². The van der Waals surface area contributed by atoms with Crippen molar-refractivity contribution in [1.82, 2.24) is 4.31 Å². The van der Waals surface area contributed by atoms with Crippen molar-refractivity contribution in [2.45, 2.75) is 11.8 Å². The van der Waals surface area contributed by atoms with Gasteiger partial charge in [-0.1, -0.05) is 18.5 Å². The molecular weight excluding hydrogens is 294 g/mol. The molecule has 0 aliphatic heterocycles. The standard InChI is InChI=1S/C11H14ClNO5S/c1-3-13(7-11(14)15)19(16,17)8-4-5-10(18-2)9(12)6-8/h4-6H,3,7H2,1-2H3,(H,14,15). The van der Waals surface area contributed by atoms with Gasteiger partial charge >= 0.3 is 5.97 Å². The lowest BCUT2D eigenvalue weighted by Crippen LogP contribution is -2.35. The van der Waals surface area contributed by atoms with Gasteiger partial charge in [-0.15, -0.1) is 0 Å². The molecule has 106 valence electrons. The first kappa shape index (κ1) is 15.7. The number of nitrogens with zero attached hydrogens (tertiary/aromatic N) is 1. The summed E-state index contributed by atoms with van der Waals surface area (Å²) >= 11 is 5.86. The number of hydrogen-bond donors (Lipinski definition) is 1. The molecule has 1 rings (SSSR count). The quantitative estimate of drug-likeness (QED) is 0.860. The molecule has 8 heteroatoms. The van der Waals surface area contributed by atoms with Crippen molar-refractivity contribution in [2.24, 2.45) is 0 Å². The Balaban J connectivity index is 3.18. The highest BCUT2D eigenvalue weighted by Crippen LogP contribution is 2.28. The Morgan fingerprint density at radius 2 is 2.11 bits per heavy atom. The van der Waals surface area contributed by atoms with Gasteiger partial charge in [-0.2, -0.15) is 4.31 Å². The van der Waals surface area contributed by atoms with Gasteiger partial charge in [0.15, 0.2) is 0 Å². The minimum Gasteiger partial charge on any atom is -0.495 e. The molecule has 0 atom stereocenters. The van der Waals surface area contributed by atoms with E-state index in [9.17, 15) is 13.2 Å². The van der Waals surface area contributed by atoms with Crippen molar-refractivity contribution in [2.75, 3.05) is 20.2 Å². The van der Waals surface area contributed by atoms with Crippen LogP contribution in [0.4, 0.5) is 0 Å². The summed E-state index contributed by atoms with van der Waals surface area (Å²) in [7, 11) is -2.47. The van der Waals surface area contributed by atoms with Crippen LogP contribution >= 0.6 is 11.6 Å². The maximum Gasteiger partial charge on any atom is 0.318 e. The van der Waals surface area contributed by atoms with Crippen LogP contribution in [0.25, 0.3) is 0 Å². The van der Waals surface area contributed by atoms with Crippen LogP contribution in [0.1, 0.15) is 6.92 Å². The second kappa shape index (κ2) is 6.23. The molecule has 0 heterocycles. The fourth-order valence-electron chi connectivity index (χ4n) is 1.47. The van der Waals surface area contributed by atoms with Crippen LogP contribution in [0, 0.1) is 0 Å². The molecule has 19 heavy (non-hydrogen) atoms. The number of benzene rings is 1. The second-order valence-electron chi connectivity index (χ2n) is 3.62. The van der Waals surface area contributed by atoms with Crippen molar-refractivity contribution < 1.29 is 23.1 Å². The Labute approximate surface area is 116 Å². The highest BCUT2D eigenvalue weighted by molar-refractivity contribution is 7.89. The van der Waals surface area contributed by atoms with E-state index in [4.69, 9.17) is 21.4 Å². The van der Waals surface area contributed by atoms with E-state index >= 15 is 0 Å². The van der Waals surface area contributed by atoms with Gasteiger partial charge in [-0.05, 0) is 18.2 Å². The molecule has 1 aromatic rings. The second-order valence-corrected chi connectivity index (χ2v) is 5.97. The number of sulfonamides is 1. The molecule has 0 radical (unpaired) electrons. The van der Waals surface area contributed by atoms with Crippen LogP contribution in [0.3, 0.4) is 0 Å². The normalized spacial score (nSPS) is 11.6. The number of methoxy groups -OCH3 is 1. The van der Waals surface area contributed by atoms with Crippen LogP contribution in [-0.2, 0) is 14.8 Å². The number of likely N-dealkylation sites (N-methyl/N-ethyl adjacent to an activating group) is 1. The van der Waals surface area contributed by atoms with E-state index in [1.807, 2.05) is 0 Å². The monoisotopic (exact) mass is 307 g/mol. The summed E-state index contributed by atoms with van der Waals surface area (Å²) in [5, 5.41) is 8.86. The molecule has 0 unspecified atom stereocenters. The number of carboxylic acid groups (broad SMARTS) is 1. The fourth-order valence-corrected chi connectivity index (χ4v) is 3.22. The molecule has 1 aromatic carbocycles. The average molecular weight is 308 g/mol. The molecular formula is C11H14ClNO5S. The minimum atomic E-state index is -3.88. The maximum atomic E-state index is 12.2. The molecule has 1 N–H and O–H groups in total. The van der Waals surface area contributed by atoms with Crippen molar-refractivity contribution in [3.63, 3.8) is 0 Å². The molecule has 0 saturated carbocycles. The van der Waals surface area contributed by atoms with E-state index < -0.39 is 22.5 Å². The van der Waals surface area contributed by atoms with Gasteiger partial charge in [0.2, 0.25) is 10.0 Å². The predicted octanol–water partition coefficient (Wildman–Crippen LogP) is 1.44. The summed E-state index contributed by atoms with van der Waals surface area (Å²) in [4.78, 5) is 10.6. The largest absolute Gasteiger partial charge is 0.495 e. The zero-order chi connectivity index (χ0) is 14.6. The first-order valence-electron chi connectivity index (χ1n) is 5.38. The first-order chi connectivity index (χ1) is 8.82. The van der Waals surface area contributed by atoms with Crippen molar-refractivity contribution in [1.29, 1.82) is 0 Å². The Morgan fingerprint density at radius 1 is 1.47 bits per heavy atom. The number of ether oxygens (including phenoxy) is 1. The van der Waals surface area contributed by atoms with Gasteiger partial charge in [-0.3, -0.25) is 4.79 Å². The molecule has 0 aliphatic carbocycles. The van der Waals surface area contributed by atoms with Gasteiger partial charge in [0.25, 0.3) is 0 Å². The number of halogens is 1. The van der Waals surface area contributed by atoms with E-state index in [0.717, 1.165) is 4.31 Å². The number of rotatable bonds is 6. The van der Waals surface area contributed by atoms with E-state index in [1.54, 1.807) is 6.92 Å². The van der Waals surface area contributed by atoms with Gasteiger partial charge < -0.3 is 9.84 Å². The fraction of sp³-hybridized carbons (Fsp3) is 0.364. The number of carboxylic acids is 1. The lowest BCUT2D eigenvalue weighted by molar-refractivity contribution is -0.137. The summed E-state index contributed by atoms with van der Waals surface area (Å²) in [6, 6.07) is 3.98. The SMILES string of the molecule is CCN(CC(=O)O)S(=O)(=O)c1ccc(OC)c(Cl)c1. The summed E-state index contributed by atoms with van der Waals surface area (Å²) in [5.74, 6) is -0.869. The van der Waals surface area contributed by atoms with Crippen LogP contribution in [0.5, 0.6) is 5.75 Å². The minimum absolute atomic E-state index is 0.0539. The van der Waals surface area contributed by atoms with Gasteiger partial charge in [-0.25, -0.2) is 8.42 Å². The van der Waals surface area contributed by atoms with Crippen LogP contribution in [0.2, 0.25) is 5.02 Å². The van der Waals surface area contributed by atoms with Crippen molar-refractivity contribution >= 4 is 27.6 Å². The summed E-state index contributed by atoms with van der Waals surface area (Å²) < 4.78 is 30.2. The van der Waals surface area contributed by atoms with E-state index in [0.29, 0.717) is 5.75 Å². The van der Waals surface area contributed by atoms with Gasteiger partial charge in [0.05, 0.1) is 17.0 Å². The summed E-state index contributed by atoms with van der Waals surface area (Å²) in [5.41, 5.74) is 0. The van der Waals surface area contributed by atoms with Crippen LogP contribution in [0.15, 0.2) is 23.1 Å². The Morgan fingerprint density at radius 3 is 2.53 bits per heavy atom. The van der Waals surface area contributed by atoms with Crippen molar-refractivity contribution in [3.8, 4) is 5.75 Å². The molecule has 0 aromatic heterocycles. The maximum absolute atomic E-state index is 12.2. The molecule has 6 nitrogen and oxygen atoms in total. The topological polar surface area (TPSA) is 83.9 Å². The third-order valence-electron chi connectivity index (χ3n) is 2.43. The smallest absolute Gasteiger partial charge is 0.318 e. The Hall–Kier alpha value is -1.31. The zero-order valence-corrected chi connectivity index (χ0v) is 12.0. The van der Waals surface area contributed by atoms with Crippen LogP contribution < -0.4 is 4.74 Å². The molecule has 0 amide bonds. The molecule has 0 bridgehead atoms. The molecule has 0 saturated heterocycles. The van der Waals surface area contributed by atoms with Gasteiger partial charge in [0, 0.05) is 6.54 Å².